The predicted octanol–water partition coefficient (Wildman–Crippen LogP) is -5.08. The largest absolute Gasteiger partial charge is 0.395 e. The van der Waals surface area contributed by atoms with E-state index in [-0.39, 0.29) is 45.3 Å². The van der Waals surface area contributed by atoms with Crippen molar-refractivity contribution in [1.29, 1.82) is 0 Å². The van der Waals surface area contributed by atoms with Gasteiger partial charge in [-0.3, -0.25) is 4.79 Å². The van der Waals surface area contributed by atoms with Crippen molar-refractivity contribution in [2.24, 2.45) is 23.1 Å². The van der Waals surface area contributed by atoms with Gasteiger partial charge in [0.15, 0.2) is 12.6 Å². The molecule has 1 saturated carbocycles. The third kappa shape index (κ3) is 8.76. The van der Waals surface area contributed by atoms with Crippen LogP contribution in [0.2, 0.25) is 0 Å². The molecule has 3 aliphatic rings. The van der Waals surface area contributed by atoms with Gasteiger partial charge in [-0.25, -0.2) is 0 Å². The molecule has 2 aliphatic heterocycles. The summed E-state index contributed by atoms with van der Waals surface area (Å²) in [6.07, 6.45) is -7.72. The van der Waals surface area contributed by atoms with E-state index in [1.807, 2.05) is 0 Å². The van der Waals surface area contributed by atoms with Crippen LogP contribution in [0.5, 0.6) is 0 Å². The van der Waals surface area contributed by atoms with Crippen molar-refractivity contribution in [3.8, 4) is 0 Å². The molecular formula is C26H51N5O11. The molecule has 1 amide bonds. The Kier molecular flexibility index (Phi) is 13.3. The predicted molar refractivity (Wildman–Crippen MR) is 147 cm³/mol. The Morgan fingerprint density at radius 1 is 1.07 bits per heavy atom. The molecule has 0 aromatic carbocycles. The summed E-state index contributed by atoms with van der Waals surface area (Å²) in [6.45, 7) is 2.94. The molecule has 0 aromatic heterocycles. The Bertz CT molecular complexity index is 840. The summed E-state index contributed by atoms with van der Waals surface area (Å²) in [5.74, 6) is -1.36. The van der Waals surface area contributed by atoms with E-state index >= 15 is 0 Å². The third-order valence-electron chi connectivity index (χ3n) is 8.56. The normalized spacial score (nSPS) is 42.0. The maximum absolute atomic E-state index is 12.7. The minimum absolute atomic E-state index is 0.0196. The Morgan fingerprint density at radius 3 is 2.38 bits per heavy atom. The van der Waals surface area contributed by atoms with Crippen molar-refractivity contribution in [2.75, 3.05) is 32.9 Å². The van der Waals surface area contributed by atoms with E-state index in [4.69, 9.17) is 36.1 Å². The van der Waals surface area contributed by atoms with Crippen molar-refractivity contribution in [3.63, 3.8) is 0 Å². The van der Waals surface area contributed by atoms with Crippen molar-refractivity contribution < 1.29 is 54.4 Å². The fourth-order valence-electron chi connectivity index (χ4n) is 5.46. The third-order valence-corrected chi connectivity index (χ3v) is 8.56. The Labute approximate surface area is 245 Å². The average molecular weight is 610 g/mol. The van der Waals surface area contributed by atoms with Gasteiger partial charge in [0.25, 0.3) is 0 Å². The van der Waals surface area contributed by atoms with E-state index < -0.39 is 84.7 Å². The maximum atomic E-state index is 12.7. The molecule has 6 unspecified atom stereocenters. The van der Waals surface area contributed by atoms with Gasteiger partial charge in [-0.15, -0.1) is 0 Å². The first-order valence-corrected chi connectivity index (χ1v) is 14.6. The van der Waals surface area contributed by atoms with Crippen molar-refractivity contribution in [3.05, 3.63) is 0 Å². The first-order chi connectivity index (χ1) is 19.8. The second-order valence-electron chi connectivity index (χ2n) is 12.0. The highest BCUT2D eigenvalue weighted by molar-refractivity contribution is 5.80. The highest BCUT2D eigenvalue weighted by Crippen LogP contribution is 2.34. The summed E-state index contributed by atoms with van der Waals surface area (Å²) in [4.78, 5) is 12.7. The number of ether oxygens (including phenoxy) is 4. The number of nitrogens with two attached hydrogens (primary N) is 3. The summed E-state index contributed by atoms with van der Waals surface area (Å²) < 4.78 is 23.8. The molecule has 3 rings (SSSR count). The van der Waals surface area contributed by atoms with Gasteiger partial charge < -0.3 is 77.4 Å². The number of aliphatic hydroxyl groups is 6. The molecule has 0 spiro atoms. The van der Waals surface area contributed by atoms with E-state index in [0.29, 0.717) is 19.4 Å². The number of carbonyl (C=O) groups is 1. The minimum Gasteiger partial charge on any atom is -0.395 e. The summed E-state index contributed by atoms with van der Waals surface area (Å²) >= 11 is 0. The lowest BCUT2D eigenvalue weighted by molar-refractivity contribution is -0.314. The van der Waals surface area contributed by atoms with Gasteiger partial charge in [0.2, 0.25) is 5.91 Å². The number of hydrogen-bond acceptors (Lipinski definition) is 15. The van der Waals surface area contributed by atoms with E-state index in [9.17, 15) is 35.4 Å². The molecule has 16 nitrogen and oxygen atoms in total. The first kappa shape index (κ1) is 35.4. The zero-order chi connectivity index (χ0) is 31.2. The number of amides is 1. The van der Waals surface area contributed by atoms with E-state index in [2.05, 4.69) is 10.6 Å². The van der Waals surface area contributed by atoms with Gasteiger partial charge in [0, 0.05) is 18.5 Å². The summed E-state index contributed by atoms with van der Waals surface area (Å²) in [7, 11) is 0. The monoisotopic (exact) mass is 609 g/mol. The lowest BCUT2D eigenvalue weighted by Gasteiger charge is -2.48. The Hall–Kier alpha value is -1.09. The molecule has 0 aromatic rings. The summed E-state index contributed by atoms with van der Waals surface area (Å²) in [5.41, 5.74) is 16.9. The van der Waals surface area contributed by atoms with Crippen molar-refractivity contribution in [1.82, 2.24) is 10.6 Å². The van der Waals surface area contributed by atoms with E-state index in [0.717, 1.165) is 0 Å². The SMILES string of the molecule is C[C@@H]1C(O)[C@@H](OC2C(O)C(O[C@H]3O[C@H](CNC(CO)CO)CCC3N)[C@@H](N)C[C@H]2NC(=O)[C@@H](O)CCN)OCC1(C)O. The fourth-order valence-corrected chi connectivity index (χ4v) is 5.46. The van der Waals surface area contributed by atoms with Gasteiger partial charge in [-0.2, -0.15) is 0 Å². The molecule has 3 fully saturated rings. The smallest absolute Gasteiger partial charge is 0.249 e. The highest BCUT2D eigenvalue weighted by atomic mass is 16.7. The molecule has 0 radical (unpaired) electrons. The van der Waals surface area contributed by atoms with Crippen LogP contribution in [0.15, 0.2) is 0 Å². The minimum atomic E-state index is -1.46. The van der Waals surface area contributed by atoms with Crippen LogP contribution in [0.3, 0.4) is 0 Å². The lowest BCUT2D eigenvalue weighted by Crippen LogP contribution is -2.68. The number of carbonyl (C=O) groups excluding carboxylic acids is 1. The van der Waals surface area contributed by atoms with Crippen LogP contribution in [-0.2, 0) is 23.7 Å². The maximum Gasteiger partial charge on any atom is 0.249 e. The Balaban J connectivity index is 1.76. The van der Waals surface area contributed by atoms with Crippen LogP contribution < -0.4 is 27.8 Å². The zero-order valence-electron chi connectivity index (χ0n) is 24.3. The molecule has 16 heteroatoms. The Morgan fingerprint density at radius 2 is 1.74 bits per heavy atom. The highest BCUT2D eigenvalue weighted by Gasteiger charge is 2.51. The molecule has 1 aliphatic carbocycles. The van der Waals surface area contributed by atoms with Crippen LogP contribution in [-0.4, -0.2) is 148 Å². The van der Waals surface area contributed by atoms with E-state index in [1.165, 1.54) is 6.92 Å². The van der Waals surface area contributed by atoms with Gasteiger partial charge in [0.1, 0.15) is 30.5 Å². The van der Waals surface area contributed by atoms with Gasteiger partial charge in [-0.05, 0) is 39.2 Å². The van der Waals surface area contributed by atoms with Gasteiger partial charge in [-0.1, -0.05) is 6.92 Å². The van der Waals surface area contributed by atoms with Gasteiger partial charge in [0.05, 0.1) is 49.7 Å². The van der Waals surface area contributed by atoms with Gasteiger partial charge >= 0.3 is 0 Å². The fraction of sp³-hybridized carbons (Fsp3) is 0.962. The van der Waals surface area contributed by atoms with E-state index in [1.54, 1.807) is 6.92 Å². The number of hydrogen-bond donors (Lipinski definition) is 11. The zero-order valence-corrected chi connectivity index (χ0v) is 24.3. The van der Waals surface area contributed by atoms with Crippen LogP contribution >= 0.6 is 0 Å². The lowest BCUT2D eigenvalue weighted by atomic mass is 9.82. The number of nitrogens with one attached hydrogen (secondary N) is 2. The summed E-state index contributed by atoms with van der Waals surface area (Å²) in [5, 5.41) is 67.3. The summed E-state index contributed by atoms with van der Waals surface area (Å²) in [6, 6.07) is -2.78. The molecule has 0 bridgehead atoms. The molecule has 2 heterocycles. The van der Waals surface area contributed by atoms with Crippen LogP contribution in [0, 0.1) is 5.92 Å². The van der Waals surface area contributed by atoms with Crippen LogP contribution in [0.4, 0.5) is 0 Å². The molecular weight excluding hydrogens is 558 g/mol. The standard InChI is InChI=1S/C26H51N5O11/c1-12-19(35)25(39-11-26(12,2)38)42-22-17(31-23(37)18(34)5-6-27)7-16(29)21(20(22)36)41-24-15(28)4-3-14(40-24)8-30-13(9-32)10-33/h12-22,24-25,30,32-36,38H,3-11,27-29H2,1-2H3,(H,31,37)/t12-,14+,15?,16+,17-,18+,19?,20?,21?,22?,24-,25-,26?/m1/s1. The quantitative estimate of drug-likeness (QED) is 0.0932. The number of rotatable bonds is 13. The van der Waals surface area contributed by atoms with Crippen LogP contribution in [0.25, 0.3) is 0 Å². The molecule has 246 valence electrons. The second kappa shape index (κ2) is 15.8. The topological polar surface area (TPSA) is 277 Å². The van der Waals surface area contributed by atoms with Crippen molar-refractivity contribution in [2.45, 2.75) is 119 Å². The first-order valence-electron chi connectivity index (χ1n) is 14.6. The number of aliphatic hydroxyl groups excluding tert-OH is 5. The van der Waals surface area contributed by atoms with Crippen molar-refractivity contribution >= 4 is 5.91 Å². The second-order valence-corrected chi connectivity index (χ2v) is 12.0. The molecule has 13 atom stereocenters. The average Bonchev–Trinajstić information content (AvgIpc) is 2.95. The van der Waals surface area contributed by atoms with Crippen LogP contribution in [0.1, 0.15) is 39.5 Å². The molecule has 14 N–H and O–H groups in total. The molecule has 42 heavy (non-hydrogen) atoms. The molecule has 2 saturated heterocycles.